The SMILES string of the molecule is Cc1cccc(-c2cc(C(=O)Nc3sc4c(c3C(N)=O)CC[C@H](C)C4)c3ccccc3n2)c1. The van der Waals surface area contributed by atoms with E-state index in [1.54, 1.807) is 0 Å². The number of rotatable bonds is 4. The molecule has 1 aliphatic rings. The zero-order valence-corrected chi connectivity index (χ0v) is 19.5. The first-order valence-electron chi connectivity index (χ1n) is 11.1. The van der Waals surface area contributed by atoms with Crippen LogP contribution in [0.1, 0.15) is 50.1 Å². The maximum Gasteiger partial charge on any atom is 0.257 e. The van der Waals surface area contributed by atoms with E-state index in [9.17, 15) is 9.59 Å². The fourth-order valence-electron chi connectivity index (χ4n) is 4.59. The van der Waals surface area contributed by atoms with Crippen molar-refractivity contribution in [1.82, 2.24) is 4.98 Å². The number of pyridine rings is 1. The minimum Gasteiger partial charge on any atom is -0.365 e. The third-order valence-electron chi connectivity index (χ3n) is 6.26. The number of hydrogen-bond acceptors (Lipinski definition) is 4. The highest BCUT2D eigenvalue weighted by molar-refractivity contribution is 7.17. The first kappa shape index (κ1) is 21.3. The van der Waals surface area contributed by atoms with E-state index in [1.807, 2.05) is 55.5 Å². The van der Waals surface area contributed by atoms with Gasteiger partial charge in [-0.3, -0.25) is 9.59 Å². The standard InChI is InChI=1S/C27H25N3O2S/c1-15-6-5-7-17(12-15)22-14-20(18-8-3-4-9-21(18)29-22)26(32)30-27-24(25(28)31)19-11-10-16(2)13-23(19)33-27/h3-9,12,14,16H,10-11,13H2,1-2H3,(H2,28,31)(H,30,32)/t16-/m0/s1. The highest BCUT2D eigenvalue weighted by atomic mass is 32.1. The van der Waals surface area contributed by atoms with Crippen molar-refractivity contribution in [2.45, 2.75) is 33.1 Å². The summed E-state index contributed by atoms with van der Waals surface area (Å²) in [5.41, 5.74) is 11.3. The summed E-state index contributed by atoms with van der Waals surface area (Å²) in [6.45, 7) is 4.24. The molecule has 166 valence electrons. The summed E-state index contributed by atoms with van der Waals surface area (Å²) in [5, 5.41) is 4.33. The van der Waals surface area contributed by atoms with E-state index in [1.165, 1.54) is 11.3 Å². The van der Waals surface area contributed by atoms with Crippen LogP contribution in [-0.4, -0.2) is 16.8 Å². The van der Waals surface area contributed by atoms with E-state index in [4.69, 9.17) is 10.7 Å². The molecule has 0 aliphatic heterocycles. The second-order valence-corrected chi connectivity index (χ2v) is 9.92. The Balaban J connectivity index is 1.59. The Hall–Kier alpha value is -3.51. The van der Waals surface area contributed by atoms with Gasteiger partial charge < -0.3 is 11.1 Å². The number of para-hydroxylation sites is 1. The van der Waals surface area contributed by atoms with Crippen LogP contribution in [-0.2, 0) is 12.8 Å². The van der Waals surface area contributed by atoms with Gasteiger partial charge in [-0.2, -0.15) is 0 Å². The summed E-state index contributed by atoms with van der Waals surface area (Å²) in [7, 11) is 0. The van der Waals surface area contributed by atoms with Crippen LogP contribution < -0.4 is 11.1 Å². The van der Waals surface area contributed by atoms with Gasteiger partial charge in [0.2, 0.25) is 0 Å². The van der Waals surface area contributed by atoms with Crippen LogP contribution in [0.5, 0.6) is 0 Å². The minimum atomic E-state index is -0.489. The van der Waals surface area contributed by atoms with Gasteiger partial charge in [-0.15, -0.1) is 11.3 Å². The largest absolute Gasteiger partial charge is 0.365 e. The summed E-state index contributed by atoms with van der Waals surface area (Å²) in [6.07, 6.45) is 2.74. The molecule has 0 saturated heterocycles. The molecule has 2 aromatic heterocycles. The van der Waals surface area contributed by atoms with Gasteiger partial charge in [0.05, 0.1) is 22.3 Å². The van der Waals surface area contributed by atoms with Gasteiger partial charge in [0.1, 0.15) is 5.00 Å². The van der Waals surface area contributed by atoms with Crippen molar-refractivity contribution < 1.29 is 9.59 Å². The number of aryl methyl sites for hydroxylation is 1. The number of fused-ring (bicyclic) bond motifs is 2. The lowest BCUT2D eigenvalue weighted by Gasteiger charge is -2.18. The highest BCUT2D eigenvalue weighted by Gasteiger charge is 2.27. The molecule has 0 bridgehead atoms. The van der Waals surface area contributed by atoms with Crippen molar-refractivity contribution >= 4 is 39.1 Å². The van der Waals surface area contributed by atoms with Crippen LogP contribution in [0.25, 0.3) is 22.2 Å². The number of carbonyl (C=O) groups excluding carboxylic acids is 2. The molecule has 0 unspecified atom stereocenters. The number of thiophene rings is 1. The van der Waals surface area contributed by atoms with E-state index in [-0.39, 0.29) is 5.91 Å². The third-order valence-corrected chi connectivity index (χ3v) is 7.43. The predicted molar refractivity (Wildman–Crippen MR) is 134 cm³/mol. The molecule has 2 aromatic carbocycles. The van der Waals surface area contributed by atoms with Crippen LogP contribution >= 0.6 is 11.3 Å². The fourth-order valence-corrected chi connectivity index (χ4v) is 6.00. The molecule has 0 spiro atoms. The van der Waals surface area contributed by atoms with E-state index in [0.29, 0.717) is 22.0 Å². The Labute approximate surface area is 196 Å². The average molecular weight is 456 g/mol. The van der Waals surface area contributed by atoms with Crippen LogP contribution in [0, 0.1) is 12.8 Å². The molecule has 33 heavy (non-hydrogen) atoms. The smallest absolute Gasteiger partial charge is 0.257 e. The molecule has 1 aliphatic carbocycles. The number of benzene rings is 2. The van der Waals surface area contributed by atoms with E-state index >= 15 is 0 Å². The number of hydrogen-bond donors (Lipinski definition) is 2. The number of amides is 2. The van der Waals surface area contributed by atoms with Gasteiger partial charge in [0, 0.05) is 15.8 Å². The number of carbonyl (C=O) groups is 2. The highest BCUT2D eigenvalue weighted by Crippen LogP contribution is 2.40. The summed E-state index contributed by atoms with van der Waals surface area (Å²) < 4.78 is 0. The van der Waals surface area contributed by atoms with Crippen molar-refractivity contribution in [1.29, 1.82) is 0 Å². The lowest BCUT2D eigenvalue weighted by molar-refractivity contribution is 0.1000. The topological polar surface area (TPSA) is 85.1 Å². The first-order chi connectivity index (χ1) is 15.9. The van der Waals surface area contributed by atoms with E-state index in [2.05, 4.69) is 18.3 Å². The van der Waals surface area contributed by atoms with Crippen molar-refractivity contribution in [2.24, 2.45) is 11.7 Å². The molecule has 0 fully saturated rings. The Morgan fingerprint density at radius 2 is 1.94 bits per heavy atom. The number of primary amides is 1. The summed E-state index contributed by atoms with van der Waals surface area (Å²) >= 11 is 1.48. The lowest BCUT2D eigenvalue weighted by Crippen LogP contribution is -2.19. The van der Waals surface area contributed by atoms with Gasteiger partial charge in [0.25, 0.3) is 11.8 Å². The van der Waals surface area contributed by atoms with Gasteiger partial charge in [-0.1, -0.05) is 48.9 Å². The van der Waals surface area contributed by atoms with Crippen molar-refractivity contribution in [2.75, 3.05) is 5.32 Å². The van der Waals surface area contributed by atoms with Crippen LogP contribution in [0.2, 0.25) is 0 Å². The Morgan fingerprint density at radius 3 is 2.73 bits per heavy atom. The van der Waals surface area contributed by atoms with Gasteiger partial charge in [0.15, 0.2) is 0 Å². The number of nitrogens with one attached hydrogen (secondary N) is 1. The van der Waals surface area contributed by atoms with Crippen molar-refractivity contribution in [3.05, 3.63) is 81.7 Å². The van der Waals surface area contributed by atoms with Crippen LogP contribution in [0.3, 0.4) is 0 Å². The first-order valence-corrected chi connectivity index (χ1v) is 11.9. The molecule has 4 aromatic rings. The quantitative estimate of drug-likeness (QED) is 0.411. The van der Waals surface area contributed by atoms with Gasteiger partial charge in [-0.25, -0.2) is 4.98 Å². The van der Waals surface area contributed by atoms with Gasteiger partial charge >= 0.3 is 0 Å². The Kier molecular flexibility index (Phi) is 5.46. The molecule has 5 nitrogen and oxygen atoms in total. The molecule has 1 atom stereocenters. The minimum absolute atomic E-state index is 0.267. The molecule has 0 radical (unpaired) electrons. The molecule has 5 rings (SSSR count). The van der Waals surface area contributed by atoms with Crippen LogP contribution in [0.15, 0.2) is 54.6 Å². The summed E-state index contributed by atoms with van der Waals surface area (Å²) in [6, 6.07) is 17.5. The zero-order chi connectivity index (χ0) is 23.1. The monoisotopic (exact) mass is 455 g/mol. The van der Waals surface area contributed by atoms with E-state index in [0.717, 1.165) is 57.4 Å². The Bertz CT molecular complexity index is 1410. The van der Waals surface area contributed by atoms with Crippen molar-refractivity contribution in [3.8, 4) is 11.3 Å². The van der Waals surface area contributed by atoms with Crippen LogP contribution in [0.4, 0.5) is 5.00 Å². The lowest BCUT2D eigenvalue weighted by atomic mass is 9.88. The number of nitrogens with two attached hydrogens (primary N) is 1. The maximum absolute atomic E-state index is 13.5. The molecule has 3 N–H and O–H groups in total. The molecule has 2 heterocycles. The zero-order valence-electron chi connectivity index (χ0n) is 18.6. The van der Waals surface area contributed by atoms with Crippen molar-refractivity contribution in [3.63, 3.8) is 0 Å². The number of nitrogens with zero attached hydrogens (tertiary/aromatic N) is 1. The molecular weight excluding hydrogens is 430 g/mol. The summed E-state index contributed by atoms with van der Waals surface area (Å²) in [5.74, 6) is -0.199. The number of aromatic nitrogens is 1. The van der Waals surface area contributed by atoms with Gasteiger partial charge in [-0.05, 0) is 55.9 Å². The molecule has 2 amide bonds. The third kappa shape index (κ3) is 4.02. The van der Waals surface area contributed by atoms with E-state index < -0.39 is 5.91 Å². The second-order valence-electron chi connectivity index (χ2n) is 8.82. The Morgan fingerprint density at radius 1 is 1.12 bits per heavy atom. The second kappa shape index (κ2) is 8.45. The average Bonchev–Trinajstić information content (AvgIpc) is 3.15. The number of anilines is 1. The molecule has 6 heteroatoms. The molecular formula is C27H25N3O2S. The predicted octanol–water partition coefficient (Wildman–Crippen LogP) is 5.75. The molecule has 0 saturated carbocycles. The summed E-state index contributed by atoms with van der Waals surface area (Å²) in [4.78, 5) is 31.8. The maximum atomic E-state index is 13.5. The fraction of sp³-hybridized carbons (Fsp3) is 0.222. The normalized spacial score (nSPS) is 15.3.